The van der Waals surface area contributed by atoms with Gasteiger partial charge in [-0.3, -0.25) is 19.5 Å². The lowest BCUT2D eigenvalue weighted by atomic mass is 9.96. The van der Waals surface area contributed by atoms with Gasteiger partial charge in [0.05, 0.1) is 40.5 Å². The first-order valence-electron chi connectivity index (χ1n) is 13.1. The number of esters is 1. The normalized spacial score (nSPS) is 14.6. The number of benzene rings is 3. The van der Waals surface area contributed by atoms with Crippen LogP contribution in [0, 0.1) is 10.1 Å². The second-order valence-electron chi connectivity index (χ2n) is 9.34. The van der Waals surface area contributed by atoms with Crippen molar-refractivity contribution in [3.63, 3.8) is 0 Å². The Kier molecular flexibility index (Phi) is 8.30. The summed E-state index contributed by atoms with van der Waals surface area (Å²) in [6.45, 7) is 4.18. The highest BCUT2D eigenvalue weighted by Crippen LogP contribution is 2.31. The fourth-order valence-electron chi connectivity index (χ4n) is 4.67. The van der Waals surface area contributed by atoms with Gasteiger partial charge in [-0.05, 0) is 60.9 Å². The number of rotatable bonds is 9. The summed E-state index contributed by atoms with van der Waals surface area (Å²) < 4.78 is 18.8. The Hall–Kier alpha value is -5.03. The van der Waals surface area contributed by atoms with Crippen LogP contribution in [0.15, 0.2) is 93.9 Å². The summed E-state index contributed by atoms with van der Waals surface area (Å²) in [4.78, 5) is 42.1. The molecular weight excluding hydrogens is 558 g/mol. The molecular formula is C31H27N3O7S. The van der Waals surface area contributed by atoms with Gasteiger partial charge in [-0.1, -0.05) is 47.7 Å². The average molecular weight is 586 g/mol. The molecule has 1 aliphatic heterocycles. The van der Waals surface area contributed by atoms with Crippen molar-refractivity contribution in [3.05, 3.63) is 131 Å². The fourth-order valence-corrected chi connectivity index (χ4v) is 5.72. The summed E-state index contributed by atoms with van der Waals surface area (Å²) in [7, 11) is 1.31. The Bertz CT molecular complexity index is 1860. The zero-order valence-corrected chi connectivity index (χ0v) is 23.9. The van der Waals surface area contributed by atoms with Crippen LogP contribution in [0.2, 0.25) is 0 Å². The number of thiazole rings is 1. The van der Waals surface area contributed by atoms with Gasteiger partial charge in [0.25, 0.3) is 11.2 Å². The first-order chi connectivity index (χ1) is 20.3. The smallest absolute Gasteiger partial charge is 0.338 e. The number of allylic oxidation sites excluding steroid dienone is 1. The van der Waals surface area contributed by atoms with Crippen LogP contribution in [0.25, 0.3) is 6.08 Å². The molecule has 0 fully saturated rings. The highest BCUT2D eigenvalue weighted by Gasteiger charge is 2.32. The van der Waals surface area contributed by atoms with Crippen LogP contribution < -0.4 is 24.4 Å². The molecule has 42 heavy (non-hydrogen) atoms. The molecule has 1 aromatic heterocycles. The monoisotopic (exact) mass is 585 g/mol. The highest BCUT2D eigenvalue weighted by atomic mass is 32.1. The fraction of sp³-hybridized carbons (Fsp3) is 0.194. The molecule has 214 valence electrons. The Balaban J connectivity index is 1.50. The second-order valence-corrected chi connectivity index (χ2v) is 10.3. The SMILES string of the molecule is CCOc1cc(/C=c2\sc3n(c2=O)[C@@H](c2ccccc2)C(C(=O)OC)=C(C)N=3)ccc1OCc1ccc([N+](=O)[O-])cc1. The molecule has 5 rings (SSSR count). The van der Waals surface area contributed by atoms with Gasteiger partial charge in [-0.2, -0.15) is 0 Å². The number of methoxy groups -OCH3 is 1. The van der Waals surface area contributed by atoms with E-state index in [1.807, 2.05) is 43.3 Å². The van der Waals surface area contributed by atoms with Crippen molar-refractivity contribution in [2.24, 2.45) is 4.99 Å². The van der Waals surface area contributed by atoms with Crippen molar-refractivity contribution in [3.8, 4) is 11.5 Å². The number of aromatic nitrogens is 1. The van der Waals surface area contributed by atoms with E-state index in [1.165, 1.54) is 35.1 Å². The molecule has 0 amide bonds. The number of nitrogens with zero attached hydrogens (tertiary/aromatic N) is 3. The van der Waals surface area contributed by atoms with E-state index in [4.69, 9.17) is 14.2 Å². The van der Waals surface area contributed by atoms with Gasteiger partial charge in [-0.25, -0.2) is 9.79 Å². The predicted molar refractivity (Wildman–Crippen MR) is 157 cm³/mol. The molecule has 0 radical (unpaired) electrons. The number of nitro benzene ring substituents is 1. The van der Waals surface area contributed by atoms with E-state index in [0.717, 1.165) is 11.1 Å². The van der Waals surface area contributed by atoms with Gasteiger partial charge in [0.1, 0.15) is 6.61 Å². The summed E-state index contributed by atoms with van der Waals surface area (Å²) in [6.07, 6.45) is 1.76. The number of ether oxygens (including phenoxy) is 3. The maximum Gasteiger partial charge on any atom is 0.338 e. The number of hydrogen-bond donors (Lipinski definition) is 0. The van der Waals surface area contributed by atoms with Crippen LogP contribution in [0.4, 0.5) is 5.69 Å². The molecule has 2 heterocycles. The summed E-state index contributed by atoms with van der Waals surface area (Å²) >= 11 is 1.24. The molecule has 0 aliphatic carbocycles. The van der Waals surface area contributed by atoms with Gasteiger partial charge >= 0.3 is 5.97 Å². The Labute approximate surface area is 244 Å². The van der Waals surface area contributed by atoms with Crippen LogP contribution in [0.3, 0.4) is 0 Å². The highest BCUT2D eigenvalue weighted by molar-refractivity contribution is 7.07. The van der Waals surface area contributed by atoms with E-state index in [1.54, 1.807) is 37.3 Å². The third-order valence-electron chi connectivity index (χ3n) is 6.65. The molecule has 3 aromatic carbocycles. The minimum absolute atomic E-state index is 0.00941. The quantitative estimate of drug-likeness (QED) is 0.163. The van der Waals surface area contributed by atoms with Gasteiger partial charge in [-0.15, -0.1) is 0 Å². The van der Waals surface area contributed by atoms with Crippen molar-refractivity contribution in [1.82, 2.24) is 4.57 Å². The van der Waals surface area contributed by atoms with Crippen LogP contribution >= 0.6 is 11.3 Å². The van der Waals surface area contributed by atoms with Crippen LogP contribution in [-0.2, 0) is 16.1 Å². The molecule has 1 atom stereocenters. The van der Waals surface area contributed by atoms with Gasteiger partial charge in [0.15, 0.2) is 16.3 Å². The van der Waals surface area contributed by atoms with E-state index >= 15 is 0 Å². The van der Waals surface area contributed by atoms with Gasteiger partial charge < -0.3 is 14.2 Å². The Morgan fingerprint density at radius 1 is 1.07 bits per heavy atom. The number of non-ortho nitro benzene ring substituents is 1. The van der Waals surface area contributed by atoms with Crippen molar-refractivity contribution in [2.75, 3.05) is 13.7 Å². The number of nitro groups is 1. The summed E-state index contributed by atoms with van der Waals surface area (Å²) in [5.41, 5.74) is 2.79. The second kappa shape index (κ2) is 12.2. The first-order valence-corrected chi connectivity index (χ1v) is 13.9. The van der Waals surface area contributed by atoms with E-state index in [-0.39, 0.29) is 17.9 Å². The van der Waals surface area contributed by atoms with Crippen molar-refractivity contribution in [1.29, 1.82) is 0 Å². The minimum Gasteiger partial charge on any atom is -0.490 e. The summed E-state index contributed by atoms with van der Waals surface area (Å²) in [6, 6.07) is 20.1. The first kappa shape index (κ1) is 28.5. The van der Waals surface area contributed by atoms with Gasteiger partial charge in [0.2, 0.25) is 0 Å². The average Bonchev–Trinajstić information content (AvgIpc) is 3.30. The number of carbonyl (C=O) groups excluding carboxylic acids is 1. The molecule has 0 bridgehead atoms. The number of hydrogen-bond acceptors (Lipinski definition) is 9. The van der Waals surface area contributed by atoms with E-state index < -0.39 is 16.9 Å². The standard InChI is InChI=1S/C31H27N3O7S/c1-4-40-25-16-21(12-15-24(25)41-18-20-10-13-23(14-11-20)34(37)38)17-26-29(35)33-28(22-8-6-5-7-9-22)27(30(36)39-3)19(2)32-31(33)42-26/h5-17,28H,4,18H2,1-3H3/b26-17-/t28-/m0/s1. The number of carbonyl (C=O) groups is 1. The molecule has 4 aromatic rings. The van der Waals surface area contributed by atoms with Crippen LogP contribution in [0.1, 0.15) is 36.6 Å². The molecule has 0 N–H and O–H groups in total. The lowest BCUT2D eigenvalue weighted by Gasteiger charge is -2.24. The molecule has 1 aliphatic rings. The third-order valence-corrected chi connectivity index (χ3v) is 7.63. The van der Waals surface area contributed by atoms with Crippen LogP contribution in [0.5, 0.6) is 11.5 Å². The molecule has 0 spiro atoms. The topological polar surface area (TPSA) is 122 Å². The zero-order valence-electron chi connectivity index (χ0n) is 23.1. The largest absolute Gasteiger partial charge is 0.490 e. The van der Waals surface area contributed by atoms with E-state index in [9.17, 15) is 19.7 Å². The maximum absolute atomic E-state index is 13.8. The van der Waals surface area contributed by atoms with Crippen molar-refractivity contribution < 1.29 is 23.9 Å². The Morgan fingerprint density at radius 3 is 2.48 bits per heavy atom. The lowest BCUT2D eigenvalue weighted by molar-refractivity contribution is -0.384. The molecule has 0 saturated heterocycles. The summed E-state index contributed by atoms with van der Waals surface area (Å²) in [5, 5.41) is 10.9. The lowest BCUT2D eigenvalue weighted by Crippen LogP contribution is -2.39. The Morgan fingerprint density at radius 2 is 1.81 bits per heavy atom. The van der Waals surface area contributed by atoms with Crippen LogP contribution in [-0.4, -0.2) is 29.2 Å². The molecule has 0 unspecified atom stereocenters. The third kappa shape index (κ3) is 5.72. The molecule has 10 nitrogen and oxygen atoms in total. The minimum atomic E-state index is -0.675. The zero-order chi connectivity index (χ0) is 29.8. The van der Waals surface area contributed by atoms with Crippen molar-refractivity contribution >= 4 is 29.1 Å². The van der Waals surface area contributed by atoms with E-state index in [2.05, 4.69) is 4.99 Å². The predicted octanol–water partition coefficient (Wildman–Crippen LogP) is 4.29. The van der Waals surface area contributed by atoms with E-state index in [0.29, 0.717) is 44.3 Å². The molecule has 0 saturated carbocycles. The van der Waals surface area contributed by atoms with Gasteiger partial charge in [0, 0.05) is 12.1 Å². The maximum atomic E-state index is 13.8. The molecule has 11 heteroatoms. The number of fused-ring (bicyclic) bond motifs is 1. The van der Waals surface area contributed by atoms with Crippen molar-refractivity contribution in [2.45, 2.75) is 26.5 Å². The summed E-state index contributed by atoms with van der Waals surface area (Å²) in [5.74, 6) is 0.452.